The van der Waals surface area contributed by atoms with E-state index in [2.05, 4.69) is 13.8 Å². The summed E-state index contributed by atoms with van der Waals surface area (Å²) in [7, 11) is 4.60. The predicted molar refractivity (Wildman–Crippen MR) is 152 cm³/mol. The quantitative estimate of drug-likeness (QED) is 0.394. The van der Waals surface area contributed by atoms with E-state index in [-0.39, 0.29) is 48.6 Å². The van der Waals surface area contributed by atoms with Crippen molar-refractivity contribution in [3.8, 4) is 11.5 Å². The number of fused-ring (bicyclic) bond motifs is 1. The van der Waals surface area contributed by atoms with Crippen LogP contribution in [0.25, 0.3) is 0 Å². The van der Waals surface area contributed by atoms with Crippen LogP contribution in [0, 0.1) is 23.2 Å². The minimum absolute atomic E-state index is 0.0205. The number of methoxy groups -OCH3 is 3. The zero-order chi connectivity index (χ0) is 29.3. The molecule has 2 saturated heterocycles. The molecule has 0 aromatic heterocycles. The first-order valence-corrected chi connectivity index (χ1v) is 15.0. The van der Waals surface area contributed by atoms with Crippen molar-refractivity contribution in [3.63, 3.8) is 0 Å². The van der Waals surface area contributed by atoms with Gasteiger partial charge in [0.1, 0.15) is 5.41 Å². The van der Waals surface area contributed by atoms with E-state index < -0.39 is 17.4 Å². The summed E-state index contributed by atoms with van der Waals surface area (Å²) in [5.41, 5.74) is 0.519. The number of carbonyl (C=O) groups is 3. The summed E-state index contributed by atoms with van der Waals surface area (Å²) >= 11 is 0. The van der Waals surface area contributed by atoms with Gasteiger partial charge in [-0.15, -0.1) is 0 Å². The summed E-state index contributed by atoms with van der Waals surface area (Å²) in [6.07, 6.45) is 6.10. The number of ether oxygens (including phenoxy) is 4. The lowest BCUT2D eigenvalue weighted by atomic mass is 9.64. The molecule has 0 N–H and O–H groups in total. The van der Waals surface area contributed by atoms with Crippen LogP contribution in [0.4, 0.5) is 0 Å². The van der Waals surface area contributed by atoms with Crippen LogP contribution < -0.4 is 9.47 Å². The third-order valence-electron chi connectivity index (χ3n) is 9.25. The van der Waals surface area contributed by atoms with E-state index in [1.807, 2.05) is 29.2 Å². The molecule has 224 valence electrons. The van der Waals surface area contributed by atoms with Gasteiger partial charge in [0.05, 0.1) is 33.5 Å². The minimum Gasteiger partial charge on any atom is -0.493 e. The standard InChI is InChI=1S/C32H44N2O7/c1-20(2)25-18-27-32(31(37)40-5,29(41-25)22-9-10-22)19-23(17-28(35)33-13-6-7-14-33)30(36)34(27)15-12-21-8-11-24(38-3)26(16-21)39-4/h8,11,16,18,20,22-23,25,29H,6-7,9-10,12-15,17,19H2,1-5H3/t23-,25+,29+,32+/m0/s1. The van der Waals surface area contributed by atoms with Gasteiger partial charge in [0.15, 0.2) is 11.5 Å². The second kappa shape index (κ2) is 12.0. The van der Waals surface area contributed by atoms with Gasteiger partial charge in [-0.1, -0.05) is 19.9 Å². The maximum absolute atomic E-state index is 14.3. The molecule has 0 unspecified atom stereocenters. The molecule has 1 aromatic rings. The van der Waals surface area contributed by atoms with Gasteiger partial charge < -0.3 is 28.7 Å². The van der Waals surface area contributed by atoms with Crippen LogP contribution >= 0.6 is 0 Å². The van der Waals surface area contributed by atoms with Crippen molar-refractivity contribution in [2.75, 3.05) is 41.0 Å². The Morgan fingerprint density at radius 1 is 1.07 bits per heavy atom. The fourth-order valence-corrected chi connectivity index (χ4v) is 6.86. The van der Waals surface area contributed by atoms with Gasteiger partial charge >= 0.3 is 5.97 Å². The van der Waals surface area contributed by atoms with Gasteiger partial charge in [-0.05, 0) is 74.1 Å². The molecule has 1 aromatic carbocycles. The molecule has 4 aliphatic rings. The smallest absolute Gasteiger partial charge is 0.320 e. The molecule has 9 nitrogen and oxygen atoms in total. The first kappa shape index (κ1) is 29.4. The molecular formula is C32H44N2O7. The highest BCUT2D eigenvalue weighted by molar-refractivity contribution is 5.93. The van der Waals surface area contributed by atoms with E-state index in [1.54, 1.807) is 19.1 Å². The Morgan fingerprint density at radius 2 is 1.78 bits per heavy atom. The molecule has 9 heteroatoms. The molecule has 3 aliphatic heterocycles. The van der Waals surface area contributed by atoms with E-state index in [0.29, 0.717) is 30.2 Å². The average molecular weight is 569 g/mol. The molecule has 0 spiro atoms. The van der Waals surface area contributed by atoms with Crippen molar-refractivity contribution in [3.05, 3.63) is 35.5 Å². The number of rotatable bonds is 10. The number of esters is 1. The minimum atomic E-state index is -1.14. The van der Waals surface area contributed by atoms with E-state index in [4.69, 9.17) is 18.9 Å². The Bertz CT molecular complexity index is 1190. The van der Waals surface area contributed by atoms with Crippen LogP contribution in [0.1, 0.15) is 57.9 Å². The lowest BCUT2D eigenvalue weighted by molar-refractivity contribution is -0.182. The SMILES string of the molecule is COC(=O)[C@]12C[C@H](CC(=O)N3CCCC3)C(=O)N(CCc3ccc(OC)c(OC)c3)C1=C[C@H](C(C)C)O[C@@H]2C1CC1. The monoisotopic (exact) mass is 568 g/mol. The summed E-state index contributed by atoms with van der Waals surface area (Å²) in [6.45, 7) is 5.98. The molecule has 3 heterocycles. The fourth-order valence-electron chi connectivity index (χ4n) is 6.86. The predicted octanol–water partition coefficient (Wildman–Crippen LogP) is 3.98. The van der Waals surface area contributed by atoms with Crippen molar-refractivity contribution in [1.82, 2.24) is 9.80 Å². The van der Waals surface area contributed by atoms with Crippen LogP contribution in [0.2, 0.25) is 0 Å². The summed E-state index contributed by atoms with van der Waals surface area (Å²) in [4.78, 5) is 45.1. The number of piperidine rings is 1. The maximum atomic E-state index is 14.3. The van der Waals surface area contributed by atoms with Crippen LogP contribution in [-0.2, 0) is 30.3 Å². The zero-order valence-electron chi connectivity index (χ0n) is 25.0. The Hall–Kier alpha value is -3.07. The summed E-state index contributed by atoms with van der Waals surface area (Å²) in [6, 6.07) is 5.73. The Balaban J connectivity index is 1.54. The molecule has 2 amide bonds. The zero-order valence-corrected chi connectivity index (χ0v) is 25.0. The van der Waals surface area contributed by atoms with Crippen LogP contribution in [-0.4, -0.2) is 80.8 Å². The Morgan fingerprint density at radius 3 is 2.39 bits per heavy atom. The molecule has 0 bridgehead atoms. The maximum Gasteiger partial charge on any atom is 0.320 e. The van der Waals surface area contributed by atoms with Crippen LogP contribution in [0.15, 0.2) is 30.0 Å². The third kappa shape index (κ3) is 5.57. The molecule has 1 aliphatic carbocycles. The molecule has 5 rings (SSSR count). The fraction of sp³-hybridized carbons (Fsp3) is 0.656. The Kier molecular flexibility index (Phi) is 8.64. The average Bonchev–Trinajstić information content (AvgIpc) is 3.67. The molecule has 41 heavy (non-hydrogen) atoms. The molecule has 4 atom stereocenters. The lowest BCUT2D eigenvalue weighted by Gasteiger charge is -2.53. The van der Waals surface area contributed by atoms with Gasteiger partial charge in [0.25, 0.3) is 0 Å². The second-order valence-electron chi connectivity index (χ2n) is 12.2. The highest BCUT2D eigenvalue weighted by Crippen LogP contribution is 2.56. The first-order valence-electron chi connectivity index (χ1n) is 15.0. The van der Waals surface area contributed by atoms with Crippen LogP contribution in [0.5, 0.6) is 11.5 Å². The molecular weight excluding hydrogens is 524 g/mol. The second-order valence-corrected chi connectivity index (χ2v) is 12.2. The van der Waals surface area contributed by atoms with Crippen molar-refractivity contribution < 1.29 is 33.3 Å². The number of amides is 2. The van der Waals surface area contributed by atoms with E-state index >= 15 is 0 Å². The largest absolute Gasteiger partial charge is 0.493 e. The summed E-state index contributed by atoms with van der Waals surface area (Å²) in [5.74, 6) is 0.485. The van der Waals surface area contributed by atoms with Gasteiger partial charge in [0, 0.05) is 37.7 Å². The van der Waals surface area contributed by atoms with Crippen molar-refractivity contribution in [2.45, 2.75) is 71.0 Å². The highest BCUT2D eigenvalue weighted by Gasteiger charge is 2.63. The van der Waals surface area contributed by atoms with Crippen molar-refractivity contribution in [2.24, 2.45) is 23.2 Å². The Labute approximate surface area is 243 Å². The highest BCUT2D eigenvalue weighted by atomic mass is 16.5. The number of hydrogen-bond acceptors (Lipinski definition) is 7. The molecule has 1 saturated carbocycles. The third-order valence-corrected chi connectivity index (χ3v) is 9.25. The summed E-state index contributed by atoms with van der Waals surface area (Å²) < 4.78 is 23.1. The summed E-state index contributed by atoms with van der Waals surface area (Å²) in [5, 5.41) is 0. The number of hydrogen-bond donors (Lipinski definition) is 0. The number of carbonyl (C=O) groups excluding carboxylic acids is 3. The lowest BCUT2D eigenvalue weighted by Crippen LogP contribution is -2.62. The van der Waals surface area contributed by atoms with Gasteiger partial charge in [-0.25, -0.2) is 0 Å². The number of likely N-dealkylation sites (tertiary alicyclic amines) is 2. The van der Waals surface area contributed by atoms with Gasteiger partial charge in [0.2, 0.25) is 11.8 Å². The topological polar surface area (TPSA) is 94.6 Å². The molecule has 3 fully saturated rings. The first-order chi connectivity index (χ1) is 19.7. The number of benzene rings is 1. The van der Waals surface area contributed by atoms with E-state index in [9.17, 15) is 14.4 Å². The van der Waals surface area contributed by atoms with Gasteiger partial charge in [-0.2, -0.15) is 0 Å². The van der Waals surface area contributed by atoms with E-state index in [1.165, 1.54) is 7.11 Å². The van der Waals surface area contributed by atoms with Gasteiger partial charge in [-0.3, -0.25) is 14.4 Å². The normalized spacial score (nSPS) is 27.9. The van der Waals surface area contributed by atoms with Crippen molar-refractivity contribution in [1.29, 1.82) is 0 Å². The van der Waals surface area contributed by atoms with Crippen LogP contribution in [0.3, 0.4) is 0 Å². The molecule has 0 radical (unpaired) electrons. The van der Waals surface area contributed by atoms with E-state index in [0.717, 1.165) is 44.3 Å². The van der Waals surface area contributed by atoms with Crippen molar-refractivity contribution >= 4 is 17.8 Å². The number of nitrogens with zero attached hydrogens (tertiary/aromatic N) is 2.